The molecule has 2 saturated heterocycles. The Balaban J connectivity index is 1.44. The monoisotopic (exact) mass is 324 g/mol. The molecule has 0 saturated carbocycles. The summed E-state index contributed by atoms with van der Waals surface area (Å²) < 4.78 is 15.6. The molecule has 4 atom stereocenters. The second-order valence-corrected chi connectivity index (χ2v) is 5.70. The Bertz CT molecular complexity index is 504. The van der Waals surface area contributed by atoms with Crippen molar-refractivity contribution in [2.24, 2.45) is 17.6 Å². The minimum absolute atomic E-state index is 0.0164. The molecule has 126 valence electrons. The zero-order chi connectivity index (χ0) is 16.4. The Morgan fingerprint density at radius 3 is 2.39 bits per heavy atom. The van der Waals surface area contributed by atoms with Crippen LogP contribution in [0.1, 0.15) is 6.42 Å². The number of fused-ring (bicyclic) bond motifs is 5. The van der Waals surface area contributed by atoms with Gasteiger partial charge in [-0.05, 0) is 0 Å². The first-order chi connectivity index (χ1) is 11.1. The van der Waals surface area contributed by atoms with Crippen molar-refractivity contribution in [2.75, 3.05) is 32.9 Å². The molecule has 4 unspecified atom stereocenters. The highest BCUT2D eigenvalue weighted by atomic mass is 16.6. The molecule has 0 radical (unpaired) electrons. The van der Waals surface area contributed by atoms with E-state index < -0.39 is 17.8 Å². The maximum atomic E-state index is 12.3. The summed E-state index contributed by atoms with van der Waals surface area (Å²) in [7, 11) is 0. The minimum atomic E-state index is -0.462. The lowest BCUT2D eigenvalue weighted by Crippen LogP contribution is -2.36. The van der Waals surface area contributed by atoms with Gasteiger partial charge >= 0.3 is 5.97 Å². The molecule has 0 aromatic heterocycles. The van der Waals surface area contributed by atoms with Crippen molar-refractivity contribution in [1.29, 1.82) is 0 Å². The first-order valence-electron chi connectivity index (χ1n) is 7.76. The largest absolute Gasteiger partial charge is 0.463 e. The van der Waals surface area contributed by atoms with Crippen molar-refractivity contribution >= 4 is 17.8 Å². The number of ether oxygens (including phenoxy) is 3. The molecule has 0 aromatic carbocycles. The molecule has 8 nitrogen and oxygen atoms in total. The summed E-state index contributed by atoms with van der Waals surface area (Å²) in [6, 6.07) is 0. The lowest BCUT2D eigenvalue weighted by atomic mass is 9.85. The van der Waals surface area contributed by atoms with Crippen molar-refractivity contribution in [3.8, 4) is 0 Å². The number of nitrogens with zero attached hydrogens (tertiary/aromatic N) is 1. The van der Waals surface area contributed by atoms with Crippen LogP contribution in [0, 0.1) is 11.8 Å². The molecule has 0 aliphatic carbocycles. The second kappa shape index (κ2) is 6.77. The van der Waals surface area contributed by atoms with Crippen LogP contribution in [-0.4, -0.2) is 67.8 Å². The van der Waals surface area contributed by atoms with Gasteiger partial charge in [-0.3, -0.25) is 19.3 Å². The van der Waals surface area contributed by atoms with Crippen LogP contribution in [0.25, 0.3) is 0 Å². The molecule has 23 heavy (non-hydrogen) atoms. The number of amides is 2. The zero-order valence-electron chi connectivity index (χ0n) is 12.7. The molecule has 3 heterocycles. The van der Waals surface area contributed by atoms with Gasteiger partial charge in [0.2, 0.25) is 11.8 Å². The fourth-order valence-electron chi connectivity index (χ4n) is 3.26. The van der Waals surface area contributed by atoms with Gasteiger partial charge < -0.3 is 19.9 Å². The van der Waals surface area contributed by atoms with Crippen LogP contribution in [0.4, 0.5) is 0 Å². The van der Waals surface area contributed by atoms with Gasteiger partial charge in [-0.25, -0.2) is 0 Å². The third-order valence-electron chi connectivity index (χ3n) is 4.29. The van der Waals surface area contributed by atoms with E-state index in [-0.39, 0.29) is 50.2 Å². The van der Waals surface area contributed by atoms with Crippen LogP contribution in [-0.2, 0) is 28.6 Å². The normalized spacial score (nSPS) is 31.1. The van der Waals surface area contributed by atoms with E-state index >= 15 is 0 Å². The Morgan fingerprint density at radius 2 is 1.78 bits per heavy atom. The first kappa shape index (κ1) is 16.1. The molecule has 3 rings (SSSR count). The van der Waals surface area contributed by atoms with E-state index in [4.69, 9.17) is 19.9 Å². The molecular formula is C15H20N2O6. The Morgan fingerprint density at radius 1 is 1.13 bits per heavy atom. The predicted molar refractivity (Wildman–Crippen MR) is 77.0 cm³/mol. The highest BCUT2D eigenvalue weighted by Gasteiger charge is 2.60. The molecule has 2 fully saturated rings. The number of imide groups is 1. The SMILES string of the molecule is NCCOCCOC(=O)CCN1C(=O)C2C3C=CC(O3)C2C1=O. The third-order valence-corrected chi connectivity index (χ3v) is 4.29. The number of esters is 1. The number of nitrogens with two attached hydrogens (primary N) is 1. The van der Waals surface area contributed by atoms with Gasteiger partial charge in [-0.2, -0.15) is 0 Å². The Kier molecular flexibility index (Phi) is 4.74. The van der Waals surface area contributed by atoms with Crippen molar-refractivity contribution in [3.63, 3.8) is 0 Å². The summed E-state index contributed by atoms with van der Waals surface area (Å²) in [5.41, 5.74) is 5.26. The number of rotatable bonds is 8. The fraction of sp³-hybridized carbons (Fsp3) is 0.667. The highest BCUT2D eigenvalue weighted by Crippen LogP contribution is 2.44. The molecular weight excluding hydrogens is 304 g/mol. The van der Waals surface area contributed by atoms with Gasteiger partial charge in [0.25, 0.3) is 0 Å². The second-order valence-electron chi connectivity index (χ2n) is 5.70. The van der Waals surface area contributed by atoms with Gasteiger partial charge in [-0.15, -0.1) is 0 Å². The molecule has 3 aliphatic heterocycles. The van der Waals surface area contributed by atoms with Crippen LogP contribution < -0.4 is 5.73 Å². The van der Waals surface area contributed by atoms with Crippen molar-refractivity contribution in [3.05, 3.63) is 12.2 Å². The van der Waals surface area contributed by atoms with Crippen LogP contribution in [0.2, 0.25) is 0 Å². The average Bonchev–Trinajstić information content (AvgIpc) is 3.20. The lowest BCUT2D eigenvalue weighted by molar-refractivity contribution is -0.147. The summed E-state index contributed by atoms with van der Waals surface area (Å²) in [4.78, 5) is 37.5. The van der Waals surface area contributed by atoms with E-state index in [2.05, 4.69) is 0 Å². The topological polar surface area (TPSA) is 108 Å². The molecule has 8 heteroatoms. The van der Waals surface area contributed by atoms with Crippen LogP contribution in [0.5, 0.6) is 0 Å². The summed E-state index contributed by atoms with van der Waals surface area (Å²) in [5, 5.41) is 0. The third kappa shape index (κ3) is 3.01. The molecule has 0 aromatic rings. The van der Waals surface area contributed by atoms with E-state index in [1.54, 1.807) is 0 Å². The predicted octanol–water partition coefficient (Wildman–Crippen LogP) is -1.17. The maximum Gasteiger partial charge on any atom is 0.307 e. The summed E-state index contributed by atoms with van der Waals surface area (Å²) >= 11 is 0. The minimum Gasteiger partial charge on any atom is -0.463 e. The van der Waals surface area contributed by atoms with Gasteiger partial charge in [0.05, 0.1) is 43.7 Å². The standard InChI is InChI=1S/C15H20N2O6/c16-4-6-21-7-8-22-11(18)3-5-17-14(19)12-9-1-2-10(23-9)13(12)15(17)20/h1-2,9-10,12-13H,3-8,16H2. The van der Waals surface area contributed by atoms with Crippen molar-refractivity contribution in [1.82, 2.24) is 4.90 Å². The maximum absolute atomic E-state index is 12.3. The smallest absolute Gasteiger partial charge is 0.307 e. The zero-order valence-corrected chi connectivity index (χ0v) is 12.7. The summed E-state index contributed by atoms with van der Waals surface area (Å²) in [6.07, 6.45) is 3.03. The van der Waals surface area contributed by atoms with Crippen molar-refractivity contribution < 1.29 is 28.6 Å². The number of likely N-dealkylation sites (tertiary alicyclic amines) is 1. The number of hydrogen-bond acceptors (Lipinski definition) is 7. The van der Waals surface area contributed by atoms with E-state index in [9.17, 15) is 14.4 Å². The highest BCUT2D eigenvalue weighted by molar-refractivity contribution is 6.06. The molecule has 2 amide bonds. The van der Waals surface area contributed by atoms with Crippen molar-refractivity contribution in [2.45, 2.75) is 18.6 Å². The fourth-order valence-corrected chi connectivity index (χ4v) is 3.26. The van der Waals surface area contributed by atoms with E-state index in [0.717, 1.165) is 4.90 Å². The van der Waals surface area contributed by atoms with Crippen LogP contribution >= 0.6 is 0 Å². The van der Waals surface area contributed by atoms with E-state index in [1.807, 2.05) is 12.2 Å². The number of carbonyl (C=O) groups is 3. The molecule has 2 bridgehead atoms. The van der Waals surface area contributed by atoms with E-state index in [1.165, 1.54) is 0 Å². The van der Waals surface area contributed by atoms with Gasteiger partial charge in [-0.1, -0.05) is 12.2 Å². The van der Waals surface area contributed by atoms with E-state index in [0.29, 0.717) is 13.2 Å². The molecule has 2 N–H and O–H groups in total. The quantitative estimate of drug-likeness (QED) is 0.259. The summed E-state index contributed by atoms with van der Waals surface area (Å²) in [6.45, 7) is 1.28. The Hall–Kier alpha value is -1.77. The average molecular weight is 324 g/mol. The summed E-state index contributed by atoms with van der Waals surface area (Å²) in [5.74, 6) is -1.83. The first-order valence-corrected chi connectivity index (χ1v) is 7.76. The number of carbonyl (C=O) groups excluding carboxylic acids is 3. The van der Waals surface area contributed by atoms with Crippen LogP contribution in [0.15, 0.2) is 12.2 Å². The van der Waals surface area contributed by atoms with Crippen LogP contribution in [0.3, 0.4) is 0 Å². The van der Waals surface area contributed by atoms with Gasteiger partial charge in [0.15, 0.2) is 0 Å². The molecule has 0 spiro atoms. The van der Waals surface area contributed by atoms with Gasteiger partial charge in [0.1, 0.15) is 6.61 Å². The Labute approximate surface area is 133 Å². The van der Waals surface area contributed by atoms with Gasteiger partial charge in [0, 0.05) is 13.1 Å². The number of hydrogen-bond donors (Lipinski definition) is 1. The lowest BCUT2D eigenvalue weighted by Gasteiger charge is -2.17. The molecule has 3 aliphatic rings.